The van der Waals surface area contributed by atoms with Crippen LogP contribution in [-0.4, -0.2) is 26.3 Å². The predicted octanol–water partition coefficient (Wildman–Crippen LogP) is 5.34. The van der Waals surface area contributed by atoms with Crippen molar-refractivity contribution in [2.24, 2.45) is 0 Å². The molecule has 1 aromatic carbocycles. The minimum atomic E-state index is -0.199. The molecule has 5 nitrogen and oxygen atoms in total. The van der Waals surface area contributed by atoms with E-state index >= 15 is 0 Å². The van der Waals surface area contributed by atoms with Crippen LogP contribution in [0.4, 0.5) is 5.95 Å². The molecule has 0 unspecified atom stereocenters. The molecule has 0 saturated carbocycles. The summed E-state index contributed by atoms with van der Waals surface area (Å²) in [5, 5.41) is 8.93. The second-order valence-electron chi connectivity index (χ2n) is 6.97. The molecule has 1 aliphatic heterocycles. The van der Waals surface area contributed by atoms with Crippen LogP contribution in [0.1, 0.15) is 57.1 Å². The van der Waals surface area contributed by atoms with E-state index in [-0.39, 0.29) is 11.8 Å². The van der Waals surface area contributed by atoms with Crippen LogP contribution in [0.25, 0.3) is 0 Å². The molecule has 4 rings (SSSR count). The number of halogens is 1. The zero-order valence-electron chi connectivity index (χ0n) is 15.4. The average Bonchev–Trinajstić information content (AvgIpc) is 3.07. The van der Waals surface area contributed by atoms with Crippen molar-refractivity contribution in [3.8, 4) is 0 Å². The van der Waals surface area contributed by atoms with Crippen LogP contribution in [-0.2, 0) is 4.79 Å². The van der Waals surface area contributed by atoms with Gasteiger partial charge in [0.2, 0.25) is 11.1 Å². The Labute approximate surface area is 172 Å². The molecule has 1 N–H and O–H groups in total. The maximum absolute atomic E-state index is 12.8. The monoisotopic (exact) mass is 446 g/mol. The number of nitrogens with zero attached hydrogens (tertiary/aromatic N) is 3. The van der Waals surface area contributed by atoms with Crippen LogP contribution in [0.15, 0.2) is 45.2 Å². The number of allylic oxidation sites excluding steroid dienone is 2. The minimum Gasteiger partial charge on any atom is -0.328 e. The molecule has 1 atom stereocenters. The van der Waals surface area contributed by atoms with E-state index in [1.807, 2.05) is 16.8 Å². The van der Waals surface area contributed by atoms with Crippen LogP contribution >= 0.6 is 27.7 Å². The lowest BCUT2D eigenvalue weighted by Gasteiger charge is -2.32. The van der Waals surface area contributed by atoms with Gasteiger partial charge in [-0.1, -0.05) is 59.6 Å². The van der Waals surface area contributed by atoms with E-state index in [1.165, 1.54) is 19.3 Å². The van der Waals surface area contributed by atoms with E-state index in [1.54, 1.807) is 11.8 Å². The second kappa shape index (κ2) is 8.19. The maximum Gasteiger partial charge on any atom is 0.227 e. The summed E-state index contributed by atoms with van der Waals surface area (Å²) in [6, 6.07) is 7.96. The number of ketones is 1. The number of carbonyl (C=O) groups is 1. The van der Waals surface area contributed by atoms with Gasteiger partial charge in [0.25, 0.3) is 0 Å². The van der Waals surface area contributed by atoms with Crippen LogP contribution in [0.3, 0.4) is 0 Å². The van der Waals surface area contributed by atoms with Crippen LogP contribution in [0, 0.1) is 0 Å². The second-order valence-corrected chi connectivity index (χ2v) is 8.94. The molecule has 0 spiro atoms. The predicted molar refractivity (Wildman–Crippen MR) is 112 cm³/mol. The van der Waals surface area contributed by atoms with Crippen molar-refractivity contribution in [2.75, 3.05) is 11.1 Å². The van der Waals surface area contributed by atoms with Crippen molar-refractivity contribution in [2.45, 2.75) is 56.6 Å². The molecule has 0 bridgehead atoms. The van der Waals surface area contributed by atoms with Crippen molar-refractivity contribution >= 4 is 39.4 Å². The Balaban J connectivity index is 1.70. The number of thioether (sulfide) groups is 1. The van der Waals surface area contributed by atoms with Gasteiger partial charge >= 0.3 is 0 Å². The van der Waals surface area contributed by atoms with Gasteiger partial charge in [-0.05, 0) is 37.0 Å². The first-order valence-electron chi connectivity index (χ1n) is 9.55. The number of carbonyl (C=O) groups excluding carboxylic acids is 1. The summed E-state index contributed by atoms with van der Waals surface area (Å²) in [5.74, 6) is 1.98. The molecule has 1 aliphatic carbocycles. The standard InChI is InChI=1S/C20H23BrN4OS/c1-2-3-4-12-27-20-23-19-22-15-6-5-7-16(26)17(15)18(25(19)24-20)13-8-10-14(21)11-9-13/h8-11,18H,2-7,12H2,1H3,(H,22,23,24)/t18-/m0/s1. The quantitative estimate of drug-likeness (QED) is 0.478. The van der Waals surface area contributed by atoms with Crippen molar-refractivity contribution in [1.29, 1.82) is 0 Å². The SMILES string of the molecule is CCCCCSc1nc2n(n1)[C@@H](c1ccc(Br)cc1)C1=C(CCCC1=O)N2. The Morgan fingerprint density at radius 1 is 1.26 bits per heavy atom. The number of unbranched alkanes of at least 4 members (excludes halogenated alkanes) is 2. The third-order valence-electron chi connectivity index (χ3n) is 5.01. The van der Waals surface area contributed by atoms with Gasteiger partial charge in [-0.15, -0.1) is 5.10 Å². The number of anilines is 1. The van der Waals surface area contributed by atoms with Crippen LogP contribution in [0.2, 0.25) is 0 Å². The first kappa shape index (κ1) is 18.7. The molecular formula is C20H23BrN4OS. The molecule has 0 amide bonds. The first-order valence-corrected chi connectivity index (χ1v) is 11.3. The molecule has 0 fully saturated rings. The first-order chi connectivity index (χ1) is 13.2. The smallest absolute Gasteiger partial charge is 0.227 e. The number of nitrogens with one attached hydrogen (secondary N) is 1. The molecule has 142 valence electrons. The van der Waals surface area contributed by atoms with Gasteiger partial charge in [0.1, 0.15) is 6.04 Å². The van der Waals surface area contributed by atoms with Crippen molar-refractivity contribution in [1.82, 2.24) is 14.8 Å². The van der Waals surface area contributed by atoms with Crippen LogP contribution < -0.4 is 5.32 Å². The molecular weight excluding hydrogens is 424 g/mol. The van der Waals surface area contributed by atoms with Crippen molar-refractivity contribution in [3.63, 3.8) is 0 Å². The van der Waals surface area contributed by atoms with Gasteiger partial charge in [-0.25, -0.2) is 4.68 Å². The molecule has 2 aromatic rings. The van der Waals surface area contributed by atoms with Gasteiger partial charge in [0, 0.05) is 27.9 Å². The van der Waals surface area contributed by atoms with E-state index in [0.717, 1.165) is 51.0 Å². The number of hydrogen-bond donors (Lipinski definition) is 1. The highest BCUT2D eigenvalue weighted by molar-refractivity contribution is 9.10. The highest BCUT2D eigenvalue weighted by atomic mass is 79.9. The van der Waals surface area contributed by atoms with Crippen molar-refractivity contribution < 1.29 is 4.79 Å². The lowest BCUT2D eigenvalue weighted by Crippen LogP contribution is -2.31. The summed E-state index contributed by atoms with van der Waals surface area (Å²) in [6.07, 6.45) is 5.99. The number of aromatic nitrogens is 3. The Kier molecular flexibility index (Phi) is 5.68. The fourth-order valence-electron chi connectivity index (χ4n) is 3.67. The third kappa shape index (κ3) is 3.85. The van der Waals surface area contributed by atoms with E-state index < -0.39 is 0 Å². The highest BCUT2D eigenvalue weighted by Crippen LogP contribution is 2.40. The number of fused-ring (bicyclic) bond motifs is 1. The fourth-order valence-corrected chi connectivity index (χ4v) is 4.76. The maximum atomic E-state index is 12.8. The van der Waals surface area contributed by atoms with Gasteiger partial charge in [-0.2, -0.15) is 4.98 Å². The molecule has 2 aliphatic rings. The average molecular weight is 447 g/mol. The molecule has 0 saturated heterocycles. The fraction of sp³-hybridized carbons (Fsp3) is 0.450. The number of rotatable bonds is 6. The summed E-state index contributed by atoms with van der Waals surface area (Å²) in [7, 11) is 0. The summed E-state index contributed by atoms with van der Waals surface area (Å²) < 4.78 is 2.92. The van der Waals surface area contributed by atoms with Gasteiger partial charge in [0.05, 0.1) is 0 Å². The lowest BCUT2D eigenvalue weighted by atomic mass is 9.85. The van der Waals surface area contributed by atoms with Crippen molar-refractivity contribution in [3.05, 3.63) is 45.6 Å². The zero-order valence-corrected chi connectivity index (χ0v) is 17.8. The summed E-state index contributed by atoms with van der Waals surface area (Å²) >= 11 is 5.19. The topological polar surface area (TPSA) is 59.8 Å². The summed E-state index contributed by atoms with van der Waals surface area (Å²) in [6.45, 7) is 2.21. The summed E-state index contributed by atoms with van der Waals surface area (Å²) in [5.41, 5.74) is 2.93. The van der Waals surface area contributed by atoms with Gasteiger partial charge < -0.3 is 5.32 Å². The number of hydrogen-bond acceptors (Lipinski definition) is 5. The minimum absolute atomic E-state index is 0.199. The molecule has 2 heterocycles. The summed E-state index contributed by atoms with van der Waals surface area (Å²) in [4.78, 5) is 17.5. The van der Waals surface area contributed by atoms with Gasteiger partial charge in [0.15, 0.2) is 5.78 Å². The van der Waals surface area contributed by atoms with E-state index in [4.69, 9.17) is 10.1 Å². The van der Waals surface area contributed by atoms with E-state index in [0.29, 0.717) is 6.42 Å². The Morgan fingerprint density at radius 3 is 2.85 bits per heavy atom. The third-order valence-corrected chi connectivity index (χ3v) is 6.47. The van der Waals surface area contributed by atoms with E-state index in [9.17, 15) is 4.79 Å². The molecule has 7 heteroatoms. The zero-order chi connectivity index (χ0) is 18.8. The molecule has 27 heavy (non-hydrogen) atoms. The molecule has 1 aromatic heterocycles. The Morgan fingerprint density at radius 2 is 2.07 bits per heavy atom. The van der Waals surface area contributed by atoms with E-state index in [2.05, 4.69) is 40.3 Å². The Bertz CT molecular complexity index is 875. The van der Waals surface area contributed by atoms with Crippen LogP contribution in [0.5, 0.6) is 0 Å². The molecule has 0 radical (unpaired) electrons. The lowest BCUT2D eigenvalue weighted by molar-refractivity contribution is -0.116. The number of benzene rings is 1. The Hall–Kier alpha value is -1.60. The largest absolute Gasteiger partial charge is 0.328 e. The highest BCUT2D eigenvalue weighted by Gasteiger charge is 2.36. The normalized spacial score (nSPS) is 18.9. The number of Topliss-reactive ketones (excluding diaryl/α,β-unsaturated/α-hetero) is 1. The van der Waals surface area contributed by atoms with Gasteiger partial charge in [-0.3, -0.25) is 4.79 Å².